The van der Waals surface area contributed by atoms with Crippen LogP contribution in [0.4, 0.5) is 13.2 Å². The summed E-state index contributed by atoms with van der Waals surface area (Å²) in [5.41, 5.74) is -1.50. The molecule has 0 spiro atoms. The molecule has 1 heterocycles. The third-order valence-electron chi connectivity index (χ3n) is 2.34. The van der Waals surface area contributed by atoms with E-state index in [-0.39, 0.29) is 17.6 Å². The number of alkyl halides is 3. The lowest BCUT2D eigenvalue weighted by molar-refractivity contribution is -0.142. The second-order valence-corrected chi connectivity index (χ2v) is 5.55. The van der Waals surface area contributed by atoms with Gasteiger partial charge < -0.3 is 9.47 Å². The number of hydrogen-bond acceptors (Lipinski definition) is 3. The molecule has 0 radical (unpaired) electrons. The molecule has 1 saturated carbocycles. The van der Waals surface area contributed by atoms with E-state index in [1.807, 2.05) is 20.8 Å². The number of halogens is 3. The van der Waals surface area contributed by atoms with E-state index in [4.69, 9.17) is 9.47 Å². The maximum absolute atomic E-state index is 12.8. The van der Waals surface area contributed by atoms with Gasteiger partial charge in [-0.3, -0.25) is 0 Å². The summed E-state index contributed by atoms with van der Waals surface area (Å²) in [6.45, 7) is 5.43. The molecule has 3 nitrogen and oxygen atoms in total. The minimum atomic E-state index is -4.52. The molecule has 6 heteroatoms. The van der Waals surface area contributed by atoms with Gasteiger partial charge in [0.25, 0.3) is 0 Å². The number of pyridine rings is 1. The number of nitrogens with zero attached hydrogens (tertiary/aromatic N) is 1. The van der Waals surface area contributed by atoms with Gasteiger partial charge in [0.2, 0.25) is 0 Å². The van der Waals surface area contributed by atoms with Gasteiger partial charge in [-0.25, -0.2) is 4.98 Å². The Morgan fingerprint density at radius 2 is 1.84 bits per heavy atom. The van der Waals surface area contributed by atoms with Crippen molar-refractivity contribution in [3.63, 3.8) is 0 Å². The molecule has 0 N–H and O–H groups in total. The summed E-state index contributed by atoms with van der Waals surface area (Å²) >= 11 is 0. The van der Waals surface area contributed by atoms with Crippen molar-refractivity contribution in [1.82, 2.24) is 4.98 Å². The van der Waals surface area contributed by atoms with Crippen LogP contribution in [-0.2, 0) is 6.18 Å². The fourth-order valence-corrected chi connectivity index (χ4v) is 1.50. The molecule has 1 aliphatic carbocycles. The van der Waals surface area contributed by atoms with Crippen LogP contribution in [0.3, 0.4) is 0 Å². The Morgan fingerprint density at radius 1 is 1.21 bits per heavy atom. The second-order valence-electron chi connectivity index (χ2n) is 5.55. The molecule has 0 atom stereocenters. The van der Waals surface area contributed by atoms with Crippen molar-refractivity contribution in [3.05, 3.63) is 18.0 Å². The molecule has 1 fully saturated rings. The van der Waals surface area contributed by atoms with E-state index in [0.29, 0.717) is 0 Å². The summed E-state index contributed by atoms with van der Waals surface area (Å²) in [5.74, 6) is 0.0212. The number of ether oxygens (including phenoxy) is 2. The fourth-order valence-electron chi connectivity index (χ4n) is 1.50. The van der Waals surface area contributed by atoms with Crippen LogP contribution in [0.2, 0.25) is 0 Å². The Hall–Kier alpha value is -1.46. The van der Waals surface area contributed by atoms with Crippen LogP contribution >= 0.6 is 0 Å². The molecule has 0 aliphatic heterocycles. The van der Waals surface area contributed by atoms with Gasteiger partial charge in [-0.1, -0.05) is 0 Å². The topological polar surface area (TPSA) is 31.4 Å². The average Bonchev–Trinajstić information content (AvgIpc) is 2.97. The third-order valence-corrected chi connectivity index (χ3v) is 2.34. The van der Waals surface area contributed by atoms with Crippen LogP contribution in [0.1, 0.15) is 39.3 Å². The van der Waals surface area contributed by atoms with Crippen molar-refractivity contribution >= 4 is 0 Å². The maximum atomic E-state index is 12.8. The lowest BCUT2D eigenvalue weighted by Gasteiger charge is -2.22. The molecule has 2 rings (SSSR count). The first-order valence-corrected chi connectivity index (χ1v) is 6.08. The van der Waals surface area contributed by atoms with E-state index in [9.17, 15) is 13.2 Å². The molecule has 0 bridgehead atoms. The minimum Gasteiger partial charge on any atom is -0.488 e. The van der Waals surface area contributed by atoms with Crippen molar-refractivity contribution in [2.45, 2.75) is 51.5 Å². The van der Waals surface area contributed by atoms with Crippen LogP contribution in [0.15, 0.2) is 12.3 Å². The van der Waals surface area contributed by atoms with E-state index >= 15 is 0 Å². The molecule has 0 amide bonds. The van der Waals surface area contributed by atoms with Crippen molar-refractivity contribution in [3.8, 4) is 11.5 Å². The zero-order chi connectivity index (χ0) is 14.3. The first-order valence-electron chi connectivity index (χ1n) is 6.08. The summed E-state index contributed by atoms with van der Waals surface area (Å²) in [7, 11) is 0. The van der Waals surface area contributed by atoms with Crippen LogP contribution in [-0.4, -0.2) is 16.7 Å². The quantitative estimate of drug-likeness (QED) is 0.840. The normalized spacial score (nSPS) is 16.3. The highest BCUT2D eigenvalue weighted by atomic mass is 19.4. The van der Waals surface area contributed by atoms with Gasteiger partial charge in [0.1, 0.15) is 11.4 Å². The summed E-state index contributed by atoms with van der Waals surface area (Å²) in [6.07, 6.45) is -2.02. The predicted molar refractivity (Wildman–Crippen MR) is 63.3 cm³/mol. The van der Waals surface area contributed by atoms with Gasteiger partial charge >= 0.3 is 6.18 Å². The zero-order valence-electron chi connectivity index (χ0n) is 11.0. The van der Waals surface area contributed by atoms with Crippen molar-refractivity contribution in [2.75, 3.05) is 0 Å². The first kappa shape index (κ1) is 14.0. The smallest absolute Gasteiger partial charge is 0.437 e. The lowest BCUT2D eigenvalue weighted by atomic mass is 10.2. The molecule has 1 aliphatic rings. The molecule has 1 aromatic heterocycles. The molecular formula is C13H16F3NO2. The van der Waals surface area contributed by atoms with E-state index in [2.05, 4.69) is 4.98 Å². The fraction of sp³-hybridized carbons (Fsp3) is 0.615. The highest BCUT2D eigenvalue weighted by Gasteiger charge is 2.38. The van der Waals surface area contributed by atoms with Crippen LogP contribution in [0, 0.1) is 0 Å². The van der Waals surface area contributed by atoms with E-state index in [0.717, 1.165) is 19.0 Å². The van der Waals surface area contributed by atoms with E-state index < -0.39 is 17.5 Å². The maximum Gasteiger partial charge on any atom is 0.437 e. The second kappa shape index (κ2) is 4.58. The summed E-state index contributed by atoms with van der Waals surface area (Å²) in [6, 6.07) is 1.26. The SMILES string of the molecule is CC(C)(C)Oc1cnc(C(F)(F)F)c(OC2CC2)c1. The van der Waals surface area contributed by atoms with Gasteiger partial charge in [0.05, 0.1) is 12.3 Å². The van der Waals surface area contributed by atoms with Crippen molar-refractivity contribution in [1.29, 1.82) is 0 Å². The van der Waals surface area contributed by atoms with E-state index in [1.54, 1.807) is 0 Å². The Balaban J connectivity index is 2.29. The third kappa shape index (κ3) is 4.01. The number of hydrogen-bond donors (Lipinski definition) is 0. The summed E-state index contributed by atoms with van der Waals surface area (Å²) in [5, 5.41) is 0. The van der Waals surface area contributed by atoms with Gasteiger partial charge in [-0.2, -0.15) is 13.2 Å². The minimum absolute atomic E-state index is 0.132. The van der Waals surface area contributed by atoms with E-state index in [1.165, 1.54) is 6.07 Å². The average molecular weight is 275 g/mol. The predicted octanol–water partition coefficient (Wildman–Crippen LogP) is 3.82. The largest absolute Gasteiger partial charge is 0.488 e. The standard InChI is InChI=1S/C13H16F3NO2/c1-12(2,3)19-9-6-10(18-8-4-5-8)11(17-7-9)13(14,15)16/h6-8H,4-5H2,1-3H3. The lowest BCUT2D eigenvalue weighted by Crippen LogP contribution is -2.23. The number of rotatable bonds is 3. The molecule has 0 saturated heterocycles. The molecule has 19 heavy (non-hydrogen) atoms. The zero-order valence-corrected chi connectivity index (χ0v) is 11.0. The van der Waals surface area contributed by atoms with Crippen molar-refractivity contribution < 1.29 is 22.6 Å². The monoisotopic (exact) mass is 275 g/mol. The Labute approximate surface area is 109 Å². The molecular weight excluding hydrogens is 259 g/mol. The van der Waals surface area contributed by atoms with Crippen LogP contribution in [0.25, 0.3) is 0 Å². The molecule has 1 aromatic rings. The van der Waals surface area contributed by atoms with Crippen LogP contribution in [0.5, 0.6) is 11.5 Å². The Morgan fingerprint density at radius 3 is 2.32 bits per heavy atom. The molecule has 0 aromatic carbocycles. The summed E-state index contributed by atoms with van der Waals surface area (Å²) < 4.78 is 49.2. The molecule has 106 valence electrons. The Kier molecular flexibility index (Phi) is 3.36. The van der Waals surface area contributed by atoms with Crippen molar-refractivity contribution in [2.24, 2.45) is 0 Å². The van der Waals surface area contributed by atoms with Gasteiger partial charge in [-0.15, -0.1) is 0 Å². The van der Waals surface area contributed by atoms with Gasteiger partial charge in [-0.05, 0) is 33.6 Å². The van der Waals surface area contributed by atoms with Gasteiger partial charge in [0, 0.05) is 6.07 Å². The summed E-state index contributed by atoms with van der Waals surface area (Å²) in [4.78, 5) is 3.44. The first-order chi connectivity index (χ1) is 8.65. The molecule has 0 unspecified atom stereocenters. The Bertz CT molecular complexity index is 462. The van der Waals surface area contributed by atoms with Gasteiger partial charge in [0.15, 0.2) is 11.4 Å². The number of aromatic nitrogens is 1. The highest BCUT2D eigenvalue weighted by Crippen LogP contribution is 2.39. The highest BCUT2D eigenvalue weighted by molar-refractivity contribution is 5.37. The van der Waals surface area contributed by atoms with Crippen LogP contribution < -0.4 is 9.47 Å².